The highest BCUT2D eigenvalue weighted by molar-refractivity contribution is 5.83. The van der Waals surface area contributed by atoms with E-state index in [2.05, 4.69) is 0 Å². The van der Waals surface area contributed by atoms with Gasteiger partial charge in [0.25, 0.3) is 0 Å². The SMILES string of the molecule is O=C(CCC(=O)N(Cc1ccc(O)cc1)[C@H]1c2ccccc2C[C@H]1O)NO. The topological polar surface area (TPSA) is 110 Å². The molecule has 4 N–H and O–H groups in total. The molecule has 7 heteroatoms. The van der Waals surface area contributed by atoms with Crippen molar-refractivity contribution in [2.24, 2.45) is 0 Å². The fourth-order valence-corrected chi connectivity index (χ4v) is 3.49. The summed E-state index contributed by atoms with van der Waals surface area (Å²) >= 11 is 0. The van der Waals surface area contributed by atoms with Gasteiger partial charge in [-0.25, -0.2) is 5.48 Å². The van der Waals surface area contributed by atoms with E-state index < -0.39 is 18.1 Å². The standard InChI is InChI=1S/C20H22N2O5/c23-15-7-5-13(6-8-15)12-22(19(26)10-9-18(25)21-27)20-16-4-2-1-3-14(16)11-17(20)24/h1-8,17,20,23-24,27H,9-12H2,(H,21,25)/t17-,20+/m1/s1. The molecule has 2 atom stereocenters. The number of hydrogen-bond acceptors (Lipinski definition) is 5. The first-order valence-electron chi connectivity index (χ1n) is 8.75. The molecular weight excluding hydrogens is 348 g/mol. The lowest BCUT2D eigenvalue weighted by atomic mass is 10.0. The van der Waals surface area contributed by atoms with Gasteiger partial charge in [0, 0.05) is 25.8 Å². The maximum absolute atomic E-state index is 12.9. The van der Waals surface area contributed by atoms with Crippen LogP contribution < -0.4 is 5.48 Å². The molecule has 0 saturated heterocycles. The fraction of sp³-hybridized carbons (Fsp3) is 0.300. The number of phenolic OH excluding ortho intramolecular Hbond substituents is 1. The molecular formula is C20H22N2O5. The van der Waals surface area contributed by atoms with Crippen molar-refractivity contribution in [1.82, 2.24) is 10.4 Å². The number of carbonyl (C=O) groups excluding carboxylic acids is 2. The summed E-state index contributed by atoms with van der Waals surface area (Å²) in [7, 11) is 0. The van der Waals surface area contributed by atoms with Crippen molar-refractivity contribution in [3.05, 3.63) is 65.2 Å². The van der Waals surface area contributed by atoms with Crippen molar-refractivity contribution in [2.75, 3.05) is 0 Å². The zero-order chi connectivity index (χ0) is 19.4. The molecule has 0 bridgehead atoms. The van der Waals surface area contributed by atoms with E-state index in [9.17, 15) is 19.8 Å². The molecule has 0 heterocycles. The molecule has 142 valence electrons. The van der Waals surface area contributed by atoms with Gasteiger partial charge in [0.1, 0.15) is 5.75 Å². The highest BCUT2D eigenvalue weighted by atomic mass is 16.5. The van der Waals surface area contributed by atoms with Gasteiger partial charge in [-0.2, -0.15) is 0 Å². The van der Waals surface area contributed by atoms with E-state index in [1.807, 2.05) is 24.3 Å². The second kappa shape index (κ2) is 8.20. The van der Waals surface area contributed by atoms with Crippen molar-refractivity contribution in [1.29, 1.82) is 0 Å². The predicted octanol–water partition coefficient (Wildman–Crippen LogP) is 1.66. The molecule has 0 fully saturated rings. The Balaban J connectivity index is 1.88. The van der Waals surface area contributed by atoms with Gasteiger partial charge in [-0.05, 0) is 28.8 Å². The molecule has 0 aliphatic heterocycles. The van der Waals surface area contributed by atoms with Crippen LogP contribution >= 0.6 is 0 Å². The van der Waals surface area contributed by atoms with Gasteiger partial charge in [-0.1, -0.05) is 36.4 Å². The summed E-state index contributed by atoms with van der Waals surface area (Å²) in [4.78, 5) is 25.8. The first kappa shape index (κ1) is 18.9. The van der Waals surface area contributed by atoms with Gasteiger partial charge >= 0.3 is 0 Å². The number of hydrogen-bond donors (Lipinski definition) is 4. The van der Waals surface area contributed by atoms with Crippen LogP contribution in [0.1, 0.15) is 35.6 Å². The summed E-state index contributed by atoms with van der Waals surface area (Å²) in [5.74, 6) is -0.810. The lowest BCUT2D eigenvalue weighted by Gasteiger charge is -2.32. The summed E-state index contributed by atoms with van der Waals surface area (Å²) in [5, 5.41) is 28.7. The van der Waals surface area contributed by atoms with Gasteiger partial charge < -0.3 is 15.1 Å². The van der Waals surface area contributed by atoms with Crippen LogP contribution in [0.2, 0.25) is 0 Å². The average molecular weight is 370 g/mol. The van der Waals surface area contributed by atoms with Crippen LogP contribution in [0.15, 0.2) is 48.5 Å². The van der Waals surface area contributed by atoms with E-state index in [1.165, 1.54) is 17.6 Å². The van der Waals surface area contributed by atoms with Crippen LogP contribution in [-0.4, -0.2) is 38.2 Å². The Morgan fingerprint density at radius 3 is 2.48 bits per heavy atom. The van der Waals surface area contributed by atoms with E-state index in [1.54, 1.807) is 17.0 Å². The van der Waals surface area contributed by atoms with Crippen LogP contribution in [0.5, 0.6) is 5.75 Å². The van der Waals surface area contributed by atoms with Crippen LogP contribution in [0.25, 0.3) is 0 Å². The number of aliphatic hydroxyl groups is 1. The number of hydroxylamine groups is 1. The Bertz CT molecular complexity index is 821. The molecule has 0 radical (unpaired) electrons. The third-order valence-electron chi connectivity index (χ3n) is 4.80. The Kier molecular flexibility index (Phi) is 5.73. The second-order valence-corrected chi connectivity index (χ2v) is 6.64. The van der Waals surface area contributed by atoms with Crippen molar-refractivity contribution < 1.29 is 25.0 Å². The number of benzene rings is 2. The number of rotatable bonds is 6. The lowest BCUT2D eigenvalue weighted by Crippen LogP contribution is -2.39. The maximum Gasteiger partial charge on any atom is 0.243 e. The van der Waals surface area contributed by atoms with E-state index in [0.29, 0.717) is 6.42 Å². The van der Waals surface area contributed by atoms with Gasteiger partial charge in [0.2, 0.25) is 11.8 Å². The van der Waals surface area contributed by atoms with Crippen molar-refractivity contribution in [2.45, 2.75) is 38.0 Å². The van der Waals surface area contributed by atoms with Gasteiger partial charge in [-0.3, -0.25) is 14.8 Å². The summed E-state index contributed by atoms with van der Waals surface area (Å²) < 4.78 is 0. The number of phenols is 1. The summed E-state index contributed by atoms with van der Waals surface area (Å²) in [6.45, 7) is 0.232. The van der Waals surface area contributed by atoms with E-state index >= 15 is 0 Å². The predicted molar refractivity (Wildman–Crippen MR) is 96.7 cm³/mol. The summed E-state index contributed by atoms with van der Waals surface area (Å²) in [5.41, 5.74) is 4.20. The highest BCUT2D eigenvalue weighted by Crippen LogP contribution is 2.37. The molecule has 0 aromatic heterocycles. The molecule has 1 aliphatic carbocycles. The molecule has 2 amide bonds. The molecule has 1 aliphatic rings. The number of aliphatic hydroxyl groups excluding tert-OH is 1. The van der Waals surface area contributed by atoms with Gasteiger partial charge in [-0.15, -0.1) is 0 Å². The molecule has 0 spiro atoms. The van der Waals surface area contributed by atoms with E-state index in [-0.39, 0.29) is 31.0 Å². The van der Waals surface area contributed by atoms with Crippen molar-refractivity contribution in [3.63, 3.8) is 0 Å². The summed E-state index contributed by atoms with van der Waals surface area (Å²) in [6.07, 6.45) is -0.519. The number of nitrogens with zero attached hydrogens (tertiary/aromatic N) is 1. The van der Waals surface area contributed by atoms with E-state index in [0.717, 1.165) is 16.7 Å². The minimum Gasteiger partial charge on any atom is -0.508 e. The first-order valence-corrected chi connectivity index (χ1v) is 8.75. The molecule has 2 aromatic carbocycles. The lowest BCUT2D eigenvalue weighted by molar-refractivity contribution is -0.140. The number of nitrogens with one attached hydrogen (secondary N) is 1. The molecule has 7 nitrogen and oxygen atoms in total. The molecule has 2 aromatic rings. The Morgan fingerprint density at radius 1 is 1.07 bits per heavy atom. The zero-order valence-corrected chi connectivity index (χ0v) is 14.7. The fourth-order valence-electron chi connectivity index (χ4n) is 3.49. The minimum atomic E-state index is -0.741. The Morgan fingerprint density at radius 2 is 1.78 bits per heavy atom. The minimum absolute atomic E-state index is 0.0874. The Hall–Kier alpha value is -2.90. The van der Waals surface area contributed by atoms with Gasteiger partial charge in [0.15, 0.2) is 0 Å². The van der Waals surface area contributed by atoms with Crippen LogP contribution in [-0.2, 0) is 22.6 Å². The third kappa shape index (κ3) is 4.27. The summed E-state index contributed by atoms with van der Waals surface area (Å²) in [6, 6.07) is 13.6. The second-order valence-electron chi connectivity index (χ2n) is 6.64. The number of carbonyl (C=O) groups is 2. The van der Waals surface area contributed by atoms with Crippen LogP contribution in [0.4, 0.5) is 0 Å². The number of aromatic hydroxyl groups is 1. The monoisotopic (exact) mass is 370 g/mol. The van der Waals surface area contributed by atoms with Crippen molar-refractivity contribution >= 4 is 11.8 Å². The van der Waals surface area contributed by atoms with Crippen LogP contribution in [0, 0.1) is 0 Å². The molecule has 3 rings (SSSR count). The van der Waals surface area contributed by atoms with Crippen LogP contribution in [0.3, 0.4) is 0 Å². The average Bonchev–Trinajstić information content (AvgIpc) is 3.01. The largest absolute Gasteiger partial charge is 0.508 e. The number of fused-ring (bicyclic) bond motifs is 1. The molecule has 27 heavy (non-hydrogen) atoms. The zero-order valence-electron chi connectivity index (χ0n) is 14.7. The quantitative estimate of drug-likeness (QED) is 0.457. The highest BCUT2D eigenvalue weighted by Gasteiger charge is 2.37. The van der Waals surface area contributed by atoms with E-state index in [4.69, 9.17) is 5.21 Å². The Labute approximate surface area is 156 Å². The first-order chi connectivity index (χ1) is 13.0. The molecule has 0 saturated carbocycles. The maximum atomic E-state index is 12.9. The van der Waals surface area contributed by atoms with Crippen molar-refractivity contribution in [3.8, 4) is 5.75 Å². The normalized spacial score (nSPS) is 18.0. The number of amides is 2. The smallest absolute Gasteiger partial charge is 0.243 e. The van der Waals surface area contributed by atoms with Gasteiger partial charge in [0.05, 0.1) is 12.1 Å². The molecule has 0 unspecified atom stereocenters. The third-order valence-corrected chi connectivity index (χ3v) is 4.80.